The quantitative estimate of drug-likeness (QED) is 0.560. The van der Waals surface area contributed by atoms with Gasteiger partial charge in [-0.2, -0.15) is 0 Å². The van der Waals surface area contributed by atoms with Gasteiger partial charge in [-0.1, -0.05) is 30.3 Å². The maximum absolute atomic E-state index is 13.0. The van der Waals surface area contributed by atoms with Crippen molar-refractivity contribution in [3.05, 3.63) is 82.0 Å². The molecule has 1 fully saturated rings. The van der Waals surface area contributed by atoms with Crippen LogP contribution in [0.25, 0.3) is 17.4 Å². The van der Waals surface area contributed by atoms with Crippen molar-refractivity contribution in [2.45, 2.75) is 13.8 Å². The van der Waals surface area contributed by atoms with Crippen LogP contribution in [0.3, 0.4) is 0 Å². The number of rotatable bonds is 4. The van der Waals surface area contributed by atoms with Crippen LogP contribution < -0.4 is 4.90 Å². The van der Waals surface area contributed by atoms with E-state index in [9.17, 15) is 14.7 Å². The molecule has 3 aromatic rings. The van der Waals surface area contributed by atoms with Crippen molar-refractivity contribution in [1.29, 1.82) is 5.41 Å². The molecule has 0 spiro atoms. The minimum absolute atomic E-state index is 0.128. The Hall–Kier alpha value is -3.58. The molecule has 2 heterocycles. The van der Waals surface area contributed by atoms with Crippen molar-refractivity contribution < 1.29 is 19.1 Å². The highest BCUT2D eigenvalue weighted by atomic mass is 32.2. The fourth-order valence-corrected chi connectivity index (χ4v) is 4.09. The number of furan rings is 1. The molecular weight excluding hydrogens is 400 g/mol. The number of carboxylic acid groups (broad SMARTS) is 1. The van der Waals surface area contributed by atoms with E-state index in [1.165, 1.54) is 11.0 Å². The minimum atomic E-state index is -1.04. The number of anilines is 1. The van der Waals surface area contributed by atoms with Crippen molar-refractivity contribution in [1.82, 2.24) is 0 Å². The molecule has 0 atom stereocenters. The summed E-state index contributed by atoms with van der Waals surface area (Å²) < 4.78 is 5.80. The number of carboxylic acids is 1. The molecule has 1 amide bonds. The van der Waals surface area contributed by atoms with Gasteiger partial charge in [0.15, 0.2) is 5.17 Å². The SMILES string of the molecule is Cc1ccc(C)c(N2C(=N)S/C(=C/c3ccc(-c4ccccc4C(=O)O)o3)C2=O)c1. The summed E-state index contributed by atoms with van der Waals surface area (Å²) in [7, 11) is 0. The standard InChI is InChI=1S/C23H18N2O4S/c1-13-7-8-14(2)18(11-13)25-21(26)20(30-23(25)24)12-15-9-10-19(29-15)16-5-3-4-6-17(16)22(27)28/h3-12,24H,1-2H3,(H,27,28)/b20-12+,24-23?. The molecule has 0 saturated carbocycles. The molecule has 1 aliphatic rings. The lowest BCUT2D eigenvalue weighted by Gasteiger charge is -2.17. The number of carbonyl (C=O) groups is 2. The number of hydrogen-bond donors (Lipinski definition) is 2. The van der Waals surface area contributed by atoms with E-state index in [-0.39, 0.29) is 16.6 Å². The zero-order valence-corrected chi connectivity index (χ0v) is 17.1. The highest BCUT2D eigenvalue weighted by molar-refractivity contribution is 8.19. The first-order chi connectivity index (χ1) is 14.3. The Bertz CT molecular complexity index is 1230. The number of aryl methyl sites for hydroxylation is 2. The van der Waals surface area contributed by atoms with E-state index in [0.717, 1.165) is 22.9 Å². The number of thioether (sulfide) groups is 1. The summed E-state index contributed by atoms with van der Waals surface area (Å²) in [5.74, 6) is -0.517. The summed E-state index contributed by atoms with van der Waals surface area (Å²) in [4.78, 5) is 26.2. The number of carbonyl (C=O) groups excluding carboxylic acids is 1. The normalized spacial score (nSPS) is 15.3. The van der Waals surface area contributed by atoms with Crippen LogP contribution in [0.15, 0.2) is 63.9 Å². The maximum Gasteiger partial charge on any atom is 0.336 e. The number of amides is 1. The third-order valence-electron chi connectivity index (χ3n) is 4.75. The van der Waals surface area contributed by atoms with E-state index in [0.29, 0.717) is 27.7 Å². The van der Waals surface area contributed by atoms with Gasteiger partial charge in [0.25, 0.3) is 5.91 Å². The summed E-state index contributed by atoms with van der Waals surface area (Å²) in [5.41, 5.74) is 3.21. The van der Waals surface area contributed by atoms with Crippen LogP contribution in [-0.4, -0.2) is 22.2 Å². The molecule has 7 heteroatoms. The second-order valence-corrected chi connectivity index (χ2v) is 7.93. The number of nitrogens with zero attached hydrogens (tertiary/aromatic N) is 1. The van der Waals surface area contributed by atoms with Crippen LogP contribution in [-0.2, 0) is 4.79 Å². The van der Waals surface area contributed by atoms with Gasteiger partial charge in [0.2, 0.25) is 0 Å². The van der Waals surface area contributed by atoms with E-state index in [2.05, 4.69) is 0 Å². The van der Waals surface area contributed by atoms with Gasteiger partial charge in [-0.05, 0) is 61.0 Å². The number of hydrogen-bond acceptors (Lipinski definition) is 5. The molecule has 0 bridgehead atoms. The molecule has 30 heavy (non-hydrogen) atoms. The summed E-state index contributed by atoms with van der Waals surface area (Å²) in [6.45, 7) is 3.84. The molecule has 1 saturated heterocycles. The lowest BCUT2D eigenvalue weighted by molar-refractivity contribution is -0.113. The van der Waals surface area contributed by atoms with Gasteiger partial charge in [0.1, 0.15) is 11.5 Å². The Balaban J connectivity index is 1.66. The monoisotopic (exact) mass is 418 g/mol. The minimum Gasteiger partial charge on any atom is -0.478 e. The molecule has 150 valence electrons. The summed E-state index contributed by atoms with van der Waals surface area (Å²) in [5, 5.41) is 17.8. The zero-order chi connectivity index (χ0) is 21.4. The average Bonchev–Trinajstić information content (AvgIpc) is 3.28. The molecule has 1 aromatic heterocycles. The van der Waals surface area contributed by atoms with Gasteiger partial charge in [-0.25, -0.2) is 4.79 Å². The first kappa shape index (κ1) is 19.7. The molecule has 2 aromatic carbocycles. The van der Waals surface area contributed by atoms with Crippen LogP contribution in [0.1, 0.15) is 27.2 Å². The highest BCUT2D eigenvalue weighted by Gasteiger charge is 2.34. The predicted molar refractivity (Wildman–Crippen MR) is 118 cm³/mol. The van der Waals surface area contributed by atoms with Gasteiger partial charge >= 0.3 is 5.97 Å². The lowest BCUT2D eigenvalue weighted by atomic mass is 10.1. The molecule has 1 aliphatic heterocycles. The van der Waals surface area contributed by atoms with Gasteiger partial charge in [0.05, 0.1) is 16.2 Å². The van der Waals surface area contributed by atoms with E-state index in [1.54, 1.807) is 36.4 Å². The van der Waals surface area contributed by atoms with Crippen molar-refractivity contribution in [3.8, 4) is 11.3 Å². The fourth-order valence-electron chi connectivity index (χ4n) is 3.26. The van der Waals surface area contributed by atoms with Crippen LogP contribution in [0.5, 0.6) is 0 Å². The van der Waals surface area contributed by atoms with Crippen LogP contribution in [0, 0.1) is 19.3 Å². The lowest BCUT2D eigenvalue weighted by Crippen LogP contribution is -2.28. The van der Waals surface area contributed by atoms with E-state index >= 15 is 0 Å². The Morgan fingerprint density at radius 3 is 2.67 bits per heavy atom. The molecule has 4 rings (SSSR count). The molecule has 6 nitrogen and oxygen atoms in total. The van der Waals surface area contributed by atoms with Gasteiger partial charge in [0, 0.05) is 11.6 Å². The number of aromatic carboxylic acids is 1. The molecule has 0 radical (unpaired) electrons. The zero-order valence-electron chi connectivity index (χ0n) is 16.3. The Morgan fingerprint density at radius 2 is 1.90 bits per heavy atom. The highest BCUT2D eigenvalue weighted by Crippen LogP contribution is 2.37. The third-order valence-corrected chi connectivity index (χ3v) is 5.64. The summed E-state index contributed by atoms with van der Waals surface area (Å²) in [6.07, 6.45) is 1.58. The van der Waals surface area contributed by atoms with Crippen LogP contribution in [0.4, 0.5) is 5.69 Å². The first-order valence-corrected chi connectivity index (χ1v) is 9.99. The van der Waals surface area contributed by atoms with Crippen LogP contribution >= 0.6 is 11.8 Å². The first-order valence-electron chi connectivity index (χ1n) is 9.17. The summed E-state index contributed by atoms with van der Waals surface area (Å²) >= 11 is 1.07. The molecule has 0 unspecified atom stereocenters. The van der Waals surface area contributed by atoms with Crippen molar-refractivity contribution in [3.63, 3.8) is 0 Å². The average molecular weight is 418 g/mol. The van der Waals surface area contributed by atoms with E-state index in [4.69, 9.17) is 9.83 Å². The van der Waals surface area contributed by atoms with Crippen molar-refractivity contribution in [2.24, 2.45) is 0 Å². The fraction of sp³-hybridized carbons (Fsp3) is 0.0870. The number of benzene rings is 2. The smallest absolute Gasteiger partial charge is 0.336 e. The topological polar surface area (TPSA) is 94.6 Å². The molecular formula is C23H18N2O4S. The maximum atomic E-state index is 13.0. The van der Waals surface area contributed by atoms with Gasteiger partial charge in [-0.3, -0.25) is 15.1 Å². The second kappa shape index (κ2) is 7.68. The Labute approximate surface area is 177 Å². The van der Waals surface area contributed by atoms with E-state index < -0.39 is 5.97 Å². The second-order valence-electron chi connectivity index (χ2n) is 6.90. The number of nitrogens with one attached hydrogen (secondary N) is 1. The number of amidine groups is 1. The summed E-state index contributed by atoms with van der Waals surface area (Å²) in [6, 6.07) is 15.7. The van der Waals surface area contributed by atoms with Crippen molar-refractivity contribution in [2.75, 3.05) is 4.90 Å². The third kappa shape index (κ3) is 3.55. The Morgan fingerprint density at radius 1 is 1.13 bits per heavy atom. The predicted octanol–water partition coefficient (Wildman–Crippen LogP) is 5.32. The van der Waals surface area contributed by atoms with E-state index in [1.807, 2.05) is 32.0 Å². The molecule has 2 N–H and O–H groups in total. The van der Waals surface area contributed by atoms with Crippen molar-refractivity contribution >= 4 is 40.6 Å². The largest absolute Gasteiger partial charge is 0.478 e. The van der Waals surface area contributed by atoms with Gasteiger partial charge < -0.3 is 9.52 Å². The van der Waals surface area contributed by atoms with Crippen LogP contribution in [0.2, 0.25) is 0 Å². The Kier molecular flexibility index (Phi) is 5.05. The molecule has 0 aliphatic carbocycles. The van der Waals surface area contributed by atoms with Gasteiger partial charge in [-0.15, -0.1) is 0 Å².